The average Bonchev–Trinajstić information content (AvgIpc) is 2.10. The van der Waals surface area contributed by atoms with E-state index in [2.05, 4.69) is 4.74 Å². The van der Waals surface area contributed by atoms with Gasteiger partial charge in [0.05, 0.1) is 18.9 Å². The molecular weight excluding hydrogens is 301 g/mol. The first-order valence-electron chi connectivity index (χ1n) is 5.18. The van der Waals surface area contributed by atoms with Crippen molar-refractivity contribution < 1.29 is 40.4 Å². The van der Waals surface area contributed by atoms with Crippen molar-refractivity contribution in [3.05, 3.63) is 0 Å². The van der Waals surface area contributed by atoms with Crippen LogP contribution in [-0.2, 0) is 14.1 Å². The summed E-state index contributed by atoms with van der Waals surface area (Å²) in [7, 11) is -4.86. The van der Waals surface area contributed by atoms with Crippen molar-refractivity contribution in [1.82, 2.24) is 0 Å². The minimum Gasteiger partial charge on any atom is -0.465 e. The summed E-state index contributed by atoms with van der Waals surface area (Å²) in [5.41, 5.74) is -1.95. The smallest absolute Gasteiger partial charge is 0.395 e. The Labute approximate surface area is 105 Å². The van der Waals surface area contributed by atoms with E-state index in [1.807, 2.05) is 0 Å². The Morgan fingerprint density at radius 3 is 1.74 bits per heavy atom. The normalized spacial score (nSPS) is 15.2. The molecule has 0 aliphatic carbocycles. The largest absolute Gasteiger partial charge is 0.465 e. The third-order valence-electron chi connectivity index (χ3n) is 2.23. The summed E-state index contributed by atoms with van der Waals surface area (Å²) in [4.78, 5) is 11.2. The summed E-state index contributed by atoms with van der Waals surface area (Å²) in [6.07, 6.45) is -14.4. The molecule has 0 saturated heterocycles. The lowest BCUT2D eigenvalue weighted by Gasteiger charge is -2.25. The van der Waals surface area contributed by atoms with Gasteiger partial charge in [0.15, 0.2) is 0 Å². The molecule has 0 fully saturated rings. The van der Waals surface area contributed by atoms with Crippen molar-refractivity contribution >= 4 is 13.1 Å². The van der Waals surface area contributed by atoms with Gasteiger partial charge in [0, 0.05) is 0 Å². The predicted molar refractivity (Wildman–Crippen MR) is 55.5 cm³/mol. The Kier molecular flexibility index (Phi) is 5.92. The zero-order chi connectivity index (χ0) is 15.5. The van der Waals surface area contributed by atoms with Crippen LogP contribution >= 0.6 is 7.14 Å². The molecule has 0 aliphatic rings. The molecule has 0 rings (SSSR count). The third-order valence-corrected chi connectivity index (χ3v) is 5.64. The third kappa shape index (κ3) is 6.84. The Balaban J connectivity index is 5.27. The lowest BCUT2D eigenvalue weighted by atomic mass is 10.5. The van der Waals surface area contributed by atoms with Crippen LogP contribution in [-0.4, -0.2) is 42.9 Å². The molecule has 0 aromatic carbocycles. The second-order valence-electron chi connectivity index (χ2n) is 3.93. The molecule has 0 aliphatic heterocycles. The van der Waals surface area contributed by atoms with Gasteiger partial charge in [-0.05, 0) is 13.8 Å². The fourth-order valence-electron chi connectivity index (χ4n) is 1.39. The van der Waals surface area contributed by atoms with E-state index < -0.39 is 43.4 Å². The highest BCUT2D eigenvalue weighted by atomic mass is 31.2. The molecule has 3 nitrogen and oxygen atoms in total. The second kappa shape index (κ2) is 6.15. The summed E-state index contributed by atoms with van der Waals surface area (Å²) in [6, 6.07) is 0. The highest BCUT2D eigenvalue weighted by Crippen LogP contribution is 2.57. The fourth-order valence-corrected chi connectivity index (χ4v) is 3.72. The van der Waals surface area contributed by atoms with Gasteiger partial charge < -0.3 is 9.30 Å². The van der Waals surface area contributed by atoms with Gasteiger partial charge in [-0.1, -0.05) is 0 Å². The first-order valence-corrected chi connectivity index (χ1v) is 7.33. The molecule has 0 aromatic heterocycles. The Morgan fingerprint density at radius 1 is 1.11 bits per heavy atom. The monoisotopic (exact) mass is 314 g/mol. The molecular formula is C9H13F6O3P. The van der Waals surface area contributed by atoms with Crippen LogP contribution in [0.2, 0.25) is 0 Å². The summed E-state index contributed by atoms with van der Waals surface area (Å²) >= 11 is 0. The second-order valence-corrected chi connectivity index (χ2v) is 7.24. The van der Waals surface area contributed by atoms with Crippen molar-refractivity contribution in [2.45, 2.75) is 31.9 Å². The van der Waals surface area contributed by atoms with Crippen LogP contribution in [0.25, 0.3) is 0 Å². The van der Waals surface area contributed by atoms with E-state index in [-0.39, 0.29) is 6.61 Å². The molecule has 10 heteroatoms. The molecule has 0 radical (unpaired) electrons. The van der Waals surface area contributed by atoms with Crippen LogP contribution in [0.15, 0.2) is 0 Å². The maximum absolute atomic E-state index is 12.2. The topological polar surface area (TPSA) is 43.4 Å². The maximum Gasteiger partial charge on any atom is 0.395 e. The molecule has 0 spiro atoms. The summed E-state index contributed by atoms with van der Waals surface area (Å²) in [5, 5.41) is 0. The highest BCUT2D eigenvalue weighted by molar-refractivity contribution is 7.65. The van der Waals surface area contributed by atoms with E-state index >= 15 is 0 Å². The molecule has 19 heavy (non-hydrogen) atoms. The number of rotatable bonds is 5. The molecule has 0 saturated carbocycles. The first-order chi connectivity index (χ1) is 8.31. The van der Waals surface area contributed by atoms with Crippen LogP contribution < -0.4 is 0 Å². The number of carbonyl (C=O) groups is 1. The average molecular weight is 314 g/mol. The number of esters is 1. The SMILES string of the molecule is CCOC(=O)C(C)P(=O)(CC(F)(F)F)CC(F)(F)F. The molecule has 0 N–H and O–H groups in total. The highest BCUT2D eigenvalue weighted by Gasteiger charge is 2.50. The molecule has 1 unspecified atom stereocenters. The lowest BCUT2D eigenvalue weighted by Crippen LogP contribution is -2.31. The quantitative estimate of drug-likeness (QED) is 0.444. The van der Waals surface area contributed by atoms with Gasteiger partial charge in [-0.2, -0.15) is 26.3 Å². The number of halogens is 6. The van der Waals surface area contributed by atoms with E-state index in [1.165, 1.54) is 6.92 Å². The first kappa shape index (κ1) is 18.3. The van der Waals surface area contributed by atoms with Gasteiger partial charge in [-0.3, -0.25) is 4.79 Å². The van der Waals surface area contributed by atoms with Crippen molar-refractivity contribution in [2.75, 3.05) is 18.9 Å². The van der Waals surface area contributed by atoms with Crippen molar-refractivity contribution in [2.24, 2.45) is 0 Å². The van der Waals surface area contributed by atoms with Crippen LogP contribution in [0.4, 0.5) is 26.3 Å². The van der Waals surface area contributed by atoms with Crippen molar-refractivity contribution in [3.8, 4) is 0 Å². The van der Waals surface area contributed by atoms with Crippen molar-refractivity contribution in [1.29, 1.82) is 0 Å². The Hall–Kier alpha value is -0.720. The van der Waals surface area contributed by atoms with Crippen LogP contribution in [0.3, 0.4) is 0 Å². The van der Waals surface area contributed by atoms with E-state index in [1.54, 1.807) is 0 Å². The van der Waals surface area contributed by atoms with Gasteiger partial charge in [0.25, 0.3) is 0 Å². The standard InChI is InChI=1S/C9H13F6O3P/c1-3-18-7(16)6(2)19(17,4-8(10,11)12)5-9(13,14)15/h6H,3-5H2,1-2H3. The van der Waals surface area contributed by atoms with E-state index in [9.17, 15) is 35.7 Å². The van der Waals surface area contributed by atoms with E-state index in [0.29, 0.717) is 0 Å². The van der Waals surface area contributed by atoms with E-state index in [0.717, 1.165) is 6.92 Å². The summed E-state index contributed by atoms with van der Waals surface area (Å²) in [5.74, 6) is -1.32. The van der Waals surface area contributed by atoms with Crippen LogP contribution in [0.5, 0.6) is 0 Å². The fraction of sp³-hybridized carbons (Fsp3) is 0.889. The molecule has 0 heterocycles. The number of alkyl halides is 6. The van der Waals surface area contributed by atoms with Gasteiger partial charge >= 0.3 is 18.3 Å². The zero-order valence-corrected chi connectivity index (χ0v) is 11.0. The number of hydrogen-bond acceptors (Lipinski definition) is 3. The zero-order valence-electron chi connectivity index (χ0n) is 10.1. The Bertz CT molecular complexity index is 342. The molecule has 114 valence electrons. The lowest BCUT2D eigenvalue weighted by molar-refractivity contribution is -0.142. The summed E-state index contributed by atoms with van der Waals surface area (Å²) in [6.45, 7) is 1.88. The van der Waals surface area contributed by atoms with Crippen molar-refractivity contribution in [3.63, 3.8) is 0 Å². The minimum absolute atomic E-state index is 0.221. The van der Waals surface area contributed by atoms with Crippen LogP contribution in [0, 0.1) is 0 Å². The molecule has 0 amide bonds. The molecule has 0 aromatic rings. The van der Waals surface area contributed by atoms with Gasteiger partial charge in [0.2, 0.25) is 0 Å². The predicted octanol–water partition coefficient (Wildman–Crippen LogP) is 3.43. The number of carbonyl (C=O) groups excluding carboxylic acids is 1. The summed E-state index contributed by atoms with van der Waals surface area (Å²) < 4.78 is 89.7. The number of hydrogen-bond donors (Lipinski definition) is 0. The van der Waals surface area contributed by atoms with E-state index in [4.69, 9.17) is 0 Å². The van der Waals surface area contributed by atoms with Crippen LogP contribution in [0.1, 0.15) is 13.8 Å². The van der Waals surface area contributed by atoms with Gasteiger partial charge in [0.1, 0.15) is 12.8 Å². The maximum atomic E-state index is 12.2. The number of ether oxygens (including phenoxy) is 1. The molecule has 1 atom stereocenters. The Morgan fingerprint density at radius 2 is 1.47 bits per heavy atom. The molecule has 0 bridgehead atoms. The van der Waals surface area contributed by atoms with Gasteiger partial charge in [-0.15, -0.1) is 0 Å². The van der Waals surface area contributed by atoms with Gasteiger partial charge in [-0.25, -0.2) is 0 Å². The minimum atomic E-state index is -5.05.